The highest BCUT2D eigenvalue weighted by molar-refractivity contribution is 6.32. The fraction of sp³-hybridized carbons (Fsp3) is 0.294. The van der Waals surface area contributed by atoms with Crippen LogP contribution in [0.15, 0.2) is 42.5 Å². The van der Waals surface area contributed by atoms with Crippen LogP contribution in [-0.2, 0) is 0 Å². The number of benzene rings is 2. The summed E-state index contributed by atoms with van der Waals surface area (Å²) in [6.45, 7) is 4.72. The van der Waals surface area contributed by atoms with Crippen molar-refractivity contribution in [2.45, 2.75) is 26.3 Å². The molecule has 0 saturated heterocycles. The molecule has 2 aromatic carbocycles. The second kappa shape index (κ2) is 7.32. The molecule has 1 unspecified atom stereocenters. The summed E-state index contributed by atoms with van der Waals surface area (Å²) in [5.41, 5.74) is 1.92. The molecule has 0 spiro atoms. The van der Waals surface area contributed by atoms with Crippen molar-refractivity contribution in [1.29, 1.82) is 0 Å². The summed E-state index contributed by atoms with van der Waals surface area (Å²) >= 11 is 6.20. The van der Waals surface area contributed by atoms with Gasteiger partial charge in [0.25, 0.3) is 0 Å². The lowest BCUT2D eigenvalue weighted by Crippen LogP contribution is -2.06. The largest absolute Gasteiger partial charge is 0.492 e. The lowest BCUT2D eigenvalue weighted by Gasteiger charge is -2.17. The molecule has 4 heteroatoms. The Morgan fingerprint density at radius 1 is 1.19 bits per heavy atom. The molecule has 0 aliphatic carbocycles. The van der Waals surface area contributed by atoms with Gasteiger partial charge in [0.2, 0.25) is 0 Å². The maximum Gasteiger partial charge on any atom is 0.138 e. The average molecular weight is 308 g/mol. The number of ether oxygens (including phenoxy) is 1. The first kappa shape index (κ1) is 15.6. The zero-order valence-corrected chi connectivity index (χ0v) is 13.0. The molecule has 0 saturated carbocycles. The Morgan fingerprint density at radius 3 is 2.52 bits per heavy atom. The smallest absolute Gasteiger partial charge is 0.138 e. The van der Waals surface area contributed by atoms with Crippen molar-refractivity contribution in [2.24, 2.45) is 0 Å². The van der Waals surface area contributed by atoms with Crippen LogP contribution in [0.2, 0.25) is 5.02 Å². The molecule has 0 heterocycles. The Hall–Kier alpha value is -1.74. The standard InChI is InChI=1S/C17H19ClFNO/c1-3-10-21-17-9-8-15(11-16(17)18)20-12(2)13-4-6-14(19)7-5-13/h4-9,11-12,20H,3,10H2,1-2H3. The third kappa shape index (κ3) is 4.36. The molecule has 0 radical (unpaired) electrons. The molecule has 2 aromatic rings. The van der Waals surface area contributed by atoms with Gasteiger partial charge in [-0.3, -0.25) is 0 Å². The molecule has 2 rings (SSSR count). The molecule has 0 aromatic heterocycles. The van der Waals surface area contributed by atoms with Crippen molar-refractivity contribution in [1.82, 2.24) is 0 Å². The SMILES string of the molecule is CCCOc1ccc(NC(C)c2ccc(F)cc2)cc1Cl. The average Bonchev–Trinajstić information content (AvgIpc) is 2.47. The monoisotopic (exact) mass is 307 g/mol. The first-order valence-electron chi connectivity index (χ1n) is 7.04. The Balaban J connectivity index is 2.05. The summed E-state index contributed by atoms with van der Waals surface area (Å²) in [5.74, 6) is 0.463. The molecule has 21 heavy (non-hydrogen) atoms. The number of hydrogen-bond acceptors (Lipinski definition) is 2. The van der Waals surface area contributed by atoms with Crippen molar-refractivity contribution in [3.8, 4) is 5.75 Å². The van der Waals surface area contributed by atoms with Crippen molar-refractivity contribution < 1.29 is 9.13 Å². The molecule has 112 valence electrons. The third-order valence-electron chi connectivity index (χ3n) is 3.15. The maximum atomic E-state index is 12.9. The minimum atomic E-state index is -0.230. The summed E-state index contributed by atoms with van der Waals surface area (Å²) in [5, 5.41) is 3.92. The molecule has 0 aliphatic rings. The molecule has 0 bridgehead atoms. The maximum absolute atomic E-state index is 12.9. The molecular formula is C17H19ClFNO. The van der Waals surface area contributed by atoms with Gasteiger partial charge in [0.15, 0.2) is 0 Å². The number of halogens is 2. The van der Waals surface area contributed by atoms with E-state index < -0.39 is 0 Å². The molecule has 2 nitrogen and oxygen atoms in total. The highest BCUT2D eigenvalue weighted by atomic mass is 35.5. The molecular weight excluding hydrogens is 289 g/mol. The number of rotatable bonds is 6. The molecule has 0 aliphatic heterocycles. The second-order valence-corrected chi connectivity index (χ2v) is 5.32. The van der Waals surface area contributed by atoms with Crippen LogP contribution in [0.4, 0.5) is 10.1 Å². The lowest BCUT2D eigenvalue weighted by atomic mass is 10.1. The van der Waals surface area contributed by atoms with Gasteiger partial charge in [-0.05, 0) is 49.2 Å². The van der Waals surface area contributed by atoms with E-state index in [2.05, 4.69) is 5.32 Å². The van der Waals surface area contributed by atoms with Crippen molar-refractivity contribution in [3.05, 3.63) is 58.9 Å². The summed E-state index contributed by atoms with van der Waals surface area (Å²) < 4.78 is 18.5. The van der Waals surface area contributed by atoms with Gasteiger partial charge in [-0.15, -0.1) is 0 Å². The van der Waals surface area contributed by atoms with Gasteiger partial charge in [0.1, 0.15) is 11.6 Å². The third-order valence-corrected chi connectivity index (χ3v) is 3.44. The Kier molecular flexibility index (Phi) is 5.45. The molecule has 1 atom stereocenters. The van der Waals surface area contributed by atoms with Crippen LogP contribution in [0.5, 0.6) is 5.75 Å². The summed E-state index contributed by atoms with van der Waals surface area (Å²) in [4.78, 5) is 0. The van der Waals surface area contributed by atoms with Crippen LogP contribution in [0.25, 0.3) is 0 Å². The van der Waals surface area contributed by atoms with Crippen molar-refractivity contribution in [3.63, 3.8) is 0 Å². The van der Waals surface area contributed by atoms with E-state index in [0.29, 0.717) is 17.4 Å². The van der Waals surface area contributed by atoms with Crippen LogP contribution >= 0.6 is 11.6 Å². The van der Waals surface area contributed by atoms with Crippen LogP contribution in [0.1, 0.15) is 31.9 Å². The summed E-state index contributed by atoms with van der Waals surface area (Å²) in [7, 11) is 0. The van der Waals surface area contributed by atoms with E-state index in [1.165, 1.54) is 12.1 Å². The first-order chi connectivity index (χ1) is 10.1. The van der Waals surface area contributed by atoms with Gasteiger partial charge >= 0.3 is 0 Å². The zero-order chi connectivity index (χ0) is 15.2. The number of hydrogen-bond donors (Lipinski definition) is 1. The van der Waals surface area contributed by atoms with E-state index in [1.54, 1.807) is 12.1 Å². The van der Waals surface area contributed by atoms with Crippen molar-refractivity contribution in [2.75, 3.05) is 11.9 Å². The van der Waals surface area contributed by atoms with E-state index in [1.807, 2.05) is 32.0 Å². The minimum absolute atomic E-state index is 0.0593. The number of anilines is 1. The van der Waals surface area contributed by atoms with Crippen LogP contribution in [-0.4, -0.2) is 6.61 Å². The van der Waals surface area contributed by atoms with Gasteiger partial charge in [-0.1, -0.05) is 30.7 Å². The van der Waals surface area contributed by atoms with E-state index in [-0.39, 0.29) is 11.9 Å². The first-order valence-corrected chi connectivity index (χ1v) is 7.42. The Labute approximate surface area is 129 Å². The second-order valence-electron chi connectivity index (χ2n) is 4.91. The van der Waals surface area contributed by atoms with Crippen LogP contribution < -0.4 is 10.1 Å². The predicted octanol–water partition coefficient (Wildman–Crippen LogP) is 5.44. The van der Waals surface area contributed by atoms with Gasteiger partial charge in [0, 0.05) is 11.7 Å². The van der Waals surface area contributed by atoms with E-state index in [0.717, 1.165) is 17.7 Å². The quantitative estimate of drug-likeness (QED) is 0.767. The Bertz CT molecular complexity index is 586. The predicted molar refractivity (Wildman–Crippen MR) is 85.7 cm³/mol. The molecule has 0 fully saturated rings. The Morgan fingerprint density at radius 2 is 1.90 bits per heavy atom. The van der Waals surface area contributed by atoms with Crippen molar-refractivity contribution >= 4 is 17.3 Å². The highest BCUT2D eigenvalue weighted by Gasteiger charge is 2.08. The van der Waals surface area contributed by atoms with E-state index >= 15 is 0 Å². The molecule has 1 N–H and O–H groups in total. The fourth-order valence-corrected chi connectivity index (χ4v) is 2.24. The summed E-state index contributed by atoms with van der Waals surface area (Å²) in [6.07, 6.45) is 0.942. The minimum Gasteiger partial charge on any atom is -0.492 e. The van der Waals surface area contributed by atoms with Crippen LogP contribution in [0.3, 0.4) is 0 Å². The topological polar surface area (TPSA) is 21.3 Å². The highest BCUT2D eigenvalue weighted by Crippen LogP contribution is 2.29. The normalized spacial score (nSPS) is 12.0. The van der Waals surface area contributed by atoms with E-state index in [9.17, 15) is 4.39 Å². The molecule has 0 amide bonds. The lowest BCUT2D eigenvalue weighted by molar-refractivity contribution is 0.317. The van der Waals surface area contributed by atoms with Gasteiger partial charge < -0.3 is 10.1 Å². The van der Waals surface area contributed by atoms with Gasteiger partial charge in [-0.2, -0.15) is 0 Å². The number of nitrogens with one attached hydrogen (secondary N) is 1. The summed E-state index contributed by atoms with van der Waals surface area (Å²) in [6, 6.07) is 12.1. The fourth-order valence-electron chi connectivity index (χ4n) is 2.00. The zero-order valence-electron chi connectivity index (χ0n) is 12.2. The van der Waals surface area contributed by atoms with Gasteiger partial charge in [0.05, 0.1) is 11.6 Å². The van der Waals surface area contributed by atoms with Gasteiger partial charge in [-0.25, -0.2) is 4.39 Å². The van der Waals surface area contributed by atoms with E-state index in [4.69, 9.17) is 16.3 Å². The van der Waals surface area contributed by atoms with Crippen LogP contribution in [0, 0.1) is 5.82 Å².